The lowest BCUT2D eigenvalue weighted by atomic mass is 9.74. The highest BCUT2D eigenvalue weighted by Gasteiger charge is 2.44. The number of ether oxygens (including phenoxy) is 1. The lowest BCUT2D eigenvalue weighted by molar-refractivity contribution is -0.117. The molecule has 0 spiro atoms. The normalized spacial score (nSPS) is 14.8. The fourth-order valence-corrected chi connectivity index (χ4v) is 6.50. The molecule has 0 N–H and O–H groups in total. The highest BCUT2D eigenvalue weighted by Crippen LogP contribution is 2.44. The molecule has 47 heavy (non-hydrogen) atoms. The van der Waals surface area contributed by atoms with Gasteiger partial charge < -0.3 is 4.74 Å². The van der Waals surface area contributed by atoms with Crippen molar-refractivity contribution in [1.82, 2.24) is 34.9 Å². The molecule has 0 radical (unpaired) electrons. The minimum atomic E-state index is -0.593. The summed E-state index contributed by atoms with van der Waals surface area (Å²) in [6.45, 7) is 2.02. The molecule has 2 aromatic heterocycles. The molecule has 6 aromatic rings. The third kappa shape index (κ3) is 6.13. The van der Waals surface area contributed by atoms with Gasteiger partial charge in [-0.25, -0.2) is 4.68 Å². The van der Waals surface area contributed by atoms with Crippen LogP contribution in [0.2, 0.25) is 0 Å². The predicted octanol–water partition coefficient (Wildman–Crippen LogP) is 5.63. The van der Waals surface area contributed by atoms with Crippen LogP contribution in [0.1, 0.15) is 40.2 Å². The van der Waals surface area contributed by atoms with Gasteiger partial charge in [-0.05, 0) is 57.0 Å². The Balaban J connectivity index is 1.18. The van der Waals surface area contributed by atoms with E-state index in [4.69, 9.17) is 9.84 Å². The van der Waals surface area contributed by atoms with Crippen LogP contribution in [0.5, 0.6) is 5.75 Å². The van der Waals surface area contributed by atoms with Gasteiger partial charge in [0.2, 0.25) is 0 Å². The Morgan fingerprint density at radius 2 is 1.40 bits per heavy atom. The van der Waals surface area contributed by atoms with Crippen LogP contribution in [0.3, 0.4) is 0 Å². The molecule has 1 saturated heterocycles. The third-order valence-electron chi connectivity index (χ3n) is 8.76. The second kappa shape index (κ2) is 13.4. The van der Waals surface area contributed by atoms with Crippen molar-refractivity contribution in [3.8, 4) is 5.75 Å². The summed E-state index contributed by atoms with van der Waals surface area (Å²) in [5.74, 6) is 1.62. The van der Waals surface area contributed by atoms with E-state index in [2.05, 4.69) is 93.2 Å². The molecule has 0 unspecified atom stereocenters. The summed E-state index contributed by atoms with van der Waals surface area (Å²) in [6, 6.07) is 41.5. The van der Waals surface area contributed by atoms with Crippen LogP contribution in [0, 0.1) is 0 Å². The number of ketones is 1. The van der Waals surface area contributed by atoms with E-state index in [-0.39, 0.29) is 5.78 Å². The quantitative estimate of drug-likeness (QED) is 0.145. The van der Waals surface area contributed by atoms with Gasteiger partial charge in [0.25, 0.3) is 0 Å². The Hall–Kier alpha value is -5.67. The number of nitrogens with zero attached hydrogens (tertiary/aromatic N) is 7. The summed E-state index contributed by atoms with van der Waals surface area (Å²) in [4.78, 5) is 15.9. The van der Waals surface area contributed by atoms with Crippen molar-refractivity contribution in [2.24, 2.45) is 0 Å². The number of piperidine rings is 1. The minimum absolute atomic E-state index is 0.141. The monoisotopic (exact) mass is 621 g/mol. The first-order chi connectivity index (χ1) is 23.1. The van der Waals surface area contributed by atoms with Crippen LogP contribution in [-0.4, -0.2) is 60.9 Å². The van der Waals surface area contributed by atoms with Crippen LogP contribution in [0.4, 0.5) is 0 Å². The van der Waals surface area contributed by atoms with Crippen molar-refractivity contribution in [2.75, 3.05) is 20.2 Å². The lowest BCUT2D eigenvalue weighted by Gasteiger charge is -2.47. The molecule has 9 nitrogen and oxygen atoms in total. The highest BCUT2D eigenvalue weighted by atomic mass is 16.5. The lowest BCUT2D eigenvalue weighted by Crippen LogP contribution is -2.52. The summed E-state index contributed by atoms with van der Waals surface area (Å²) in [7, 11) is 1.65. The molecule has 0 bridgehead atoms. The van der Waals surface area contributed by atoms with E-state index >= 15 is 0 Å². The number of carbonyl (C=O) groups excluding carboxylic acids is 1. The van der Waals surface area contributed by atoms with Crippen molar-refractivity contribution < 1.29 is 9.53 Å². The number of benzene rings is 4. The fraction of sp³-hybridized carbons (Fsp3) is 0.184. The molecule has 7 rings (SSSR count). The van der Waals surface area contributed by atoms with Crippen LogP contribution >= 0.6 is 0 Å². The largest absolute Gasteiger partial charge is 0.497 e. The number of likely N-dealkylation sites (tertiary alicyclic amines) is 1. The molecule has 9 heteroatoms. The average Bonchev–Trinajstić information content (AvgIpc) is 3.77. The van der Waals surface area contributed by atoms with Crippen LogP contribution < -0.4 is 4.74 Å². The van der Waals surface area contributed by atoms with Gasteiger partial charge in [0.05, 0.1) is 24.9 Å². The smallest absolute Gasteiger partial charge is 0.173 e. The SMILES string of the molecule is COc1ccc(Cn2nnnc2Cn2ccc(C=C3CN(C(c4ccccc4)(c4ccccc4)c4ccccc4)CCC3=O)n2)cc1. The second-order valence-corrected chi connectivity index (χ2v) is 11.6. The van der Waals surface area contributed by atoms with E-state index in [1.54, 1.807) is 16.5 Å². The predicted molar refractivity (Wildman–Crippen MR) is 180 cm³/mol. The number of hydrogen-bond acceptors (Lipinski definition) is 7. The van der Waals surface area contributed by atoms with E-state index in [1.807, 2.05) is 60.8 Å². The topological polar surface area (TPSA) is 91.0 Å². The Kier molecular flexibility index (Phi) is 8.53. The summed E-state index contributed by atoms with van der Waals surface area (Å²) in [5, 5.41) is 17.1. The molecule has 0 atom stereocenters. The van der Waals surface area contributed by atoms with E-state index in [0.717, 1.165) is 33.6 Å². The van der Waals surface area contributed by atoms with Crippen LogP contribution in [-0.2, 0) is 23.4 Å². The number of hydrogen-bond donors (Lipinski definition) is 0. The van der Waals surface area contributed by atoms with E-state index < -0.39 is 5.54 Å². The van der Waals surface area contributed by atoms with Crippen molar-refractivity contribution in [1.29, 1.82) is 0 Å². The van der Waals surface area contributed by atoms with E-state index in [0.29, 0.717) is 44.1 Å². The van der Waals surface area contributed by atoms with Crippen molar-refractivity contribution in [2.45, 2.75) is 25.0 Å². The second-order valence-electron chi connectivity index (χ2n) is 11.6. The number of rotatable bonds is 10. The first-order valence-electron chi connectivity index (χ1n) is 15.7. The van der Waals surface area contributed by atoms with Gasteiger partial charge in [-0.2, -0.15) is 5.10 Å². The van der Waals surface area contributed by atoms with Gasteiger partial charge in [-0.15, -0.1) is 5.10 Å². The molecule has 4 aromatic carbocycles. The maximum absolute atomic E-state index is 13.4. The summed E-state index contributed by atoms with van der Waals surface area (Å²) in [6.07, 6.45) is 4.24. The van der Waals surface area contributed by atoms with Gasteiger partial charge in [0, 0.05) is 31.3 Å². The first-order valence-corrected chi connectivity index (χ1v) is 15.7. The zero-order chi connectivity index (χ0) is 32.1. The average molecular weight is 622 g/mol. The summed E-state index contributed by atoms with van der Waals surface area (Å²) < 4.78 is 8.83. The molecule has 0 amide bonds. The maximum Gasteiger partial charge on any atom is 0.173 e. The van der Waals surface area contributed by atoms with E-state index in [9.17, 15) is 4.79 Å². The molecular weight excluding hydrogens is 586 g/mol. The minimum Gasteiger partial charge on any atom is -0.497 e. The maximum atomic E-state index is 13.4. The van der Waals surface area contributed by atoms with Gasteiger partial charge in [0.1, 0.15) is 12.3 Å². The summed E-state index contributed by atoms with van der Waals surface area (Å²) >= 11 is 0. The molecule has 234 valence electrons. The van der Waals surface area contributed by atoms with Crippen LogP contribution in [0.15, 0.2) is 133 Å². The Bertz CT molecular complexity index is 1870. The molecule has 1 aliphatic heterocycles. The molecule has 3 heterocycles. The number of tetrazole rings is 1. The Morgan fingerprint density at radius 1 is 0.787 bits per heavy atom. The molecule has 0 saturated carbocycles. The first kappa shape index (κ1) is 30.0. The molecule has 1 aliphatic rings. The van der Waals surface area contributed by atoms with Crippen molar-refractivity contribution in [3.63, 3.8) is 0 Å². The zero-order valence-corrected chi connectivity index (χ0v) is 26.2. The van der Waals surface area contributed by atoms with E-state index in [1.165, 1.54) is 0 Å². The zero-order valence-electron chi connectivity index (χ0n) is 26.2. The standard InChI is InChI=1S/C38H35N7O2/c1-47-35-19-17-29(18-20-35)26-45-37(39-41-42-45)28-44-24-21-34(40-44)25-30-27-43(23-22-36(30)46)38(31-11-5-2-6-12-31,32-13-7-3-8-14-32)33-15-9-4-10-16-33/h2-21,24-25H,22-23,26-28H2,1H3. The van der Waals surface area contributed by atoms with Crippen molar-refractivity contribution >= 4 is 11.9 Å². The highest BCUT2D eigenvalue weighted by molar-refractivity contribution is 6.00. The number of methoxy groups -OCH3 is 1. The van der Waals surface area contributed by atoms with Gasteiger partial charge in [0.15, 0.2) is 11.6 Å². The van der Waals surface area contributed by atoms with Gasteiger partial charge in [-0.3, -0.25) is 14.4 Å². The number of aromatic nitrogens is 6. The summed E-state index contributed by atoms with van der Waals surface area (Å²) in [5.41, 5.74) is 5.38. The third-order valence-corrected chi connectivity index (χ3v) is 8.76. The van der Waals surface area contributed by atoms with Crippen LogP contribution in [0.25, 0.3) is 6.08 Å². The Morgan fingerprint density at radius 3 is 2.00 bits per heavy atom. The Labute approximate surface area is 273 Å². The number of carbonyl (C=O) groups is 1. The fourth-order valence-electron chi connectivity index (χ4n) is 6.50. The molecule has 1 fully saturated rings. The van der Waals surface area contributed by atoms with Gasteiger partial charge >= 0.3 is 0 Å². The molecule has 0 aliphatic carbocycles. The van der Waals surface area contributed by atoms with Crippen molar-refractivity contribution in [3.05, 3.63) is 167 Å². The number of Topliss-reactive ketones (excluding diaryl/α,β-unsaturated/α-hetero) is 1. The molecular formula is C38H35N7O2. The van der Waals surface area contributed by atoms with Gasteiger partial charge in [-0.1, -0.05) is 103 Å².